The van der Waals surface area contributed by atoms with Crippen LogP contribution in [-0.2, 0) is 22.9 Å². The van der Waals surface area contributed by atoms with Gasteiger partial charge in [0, 0.05) is 37.0 Å². The normalized spacial score (nSPS) is 13.9. The summed E-state index contributed by atoms with van der Waals surface area (Å²) in [4.78, 5) is 43.4. The Hall–Kier alpha value is -4.51. The van der Waals surface area contributed by atoms with Crippen LogP contribution in [0.1, 0.15) is 23.2 Å². The summed E-state index contributed by atoms with van der Waals surface area (Å²) in [6.45, 7) is 0.461. The summed E-state index contributed by atoms with van der Waals surface area (Å²) in [5, 5.41) is 2.60. The number of amides is 1. The van der Waals surface area contributed by atoms with Crippen LogP contribution in [0.5, 0.6) is 0 Å². The second kappa shape index (κ2) is 10.7. The standard InChI is InChI=1S/C28H27N5O5S/c29-23-13-12-22(18-31-23)19-8-10-21(11-9-19)25(34)30-14-4-15-32-26(35)24(20-6-2-1-3-7-20)27-33(28(32)36)16-5-17-39(27,37)38/h1-3,6-13,18H,4-5,14-17H2,(H2,29,31)(H,30,34). The molecule has 1 amide bonds. The number of carbonyl (C=O) groups excluding carboxylic acids is 1. The van der Waals surface area contributed by atoms with Crippen molar-refractivity contribution < 1.29 is 13.2 Å². The second-order valence-corrected chi connectivity index (χ2v) is 11.3. The van der Waals surface area contributed by atoms with Crippen molar-refractivity contribution in [2.45, 2.75) is 31.0 Å². The number of sulfone groups is 1. The third kappa shape index (κ3) is 5.26. The molecule has 0 aliphatic carbocycles. The maximum atomic E-state index is 13.5. The van der Waals surface area contributed by atoms with Gasteiger partial charge in [-0.1, -0.05) is 42.5 Å². The van der Waals surface area contributed by atoms with E-state index in [0.717, 1.165) is 15.7 Å². The number of carbonyl (C=O) groups is 1. The van der Waals surface area contributed by atoms with Crippen LogP contribution in [0.3, 0.4) is 0 Å². The van der Waals surface area contributed by atoms with Gasteiger partial charge in [-0.3, -0.25) is 18.7 Å². The summed E-state index contributed by atoms with van der Waals surface area (Å²) in [6, 6.07) is 19.1. The number of nitrogens with two attached hydrogens (primary N) is 1. The van der Waals surface area contributed by atoms with Gasteiger partial charge < -0.3 is 11.1 Å². The molecule has 0 radical (unpaired) electrons. The Balaban J connectivity index is 1.32. The molecule has 10 nitrogen and oxygen atoms in total. The van der Waals surface area contributed by atoms with Gasteiger partial charge >= 0.3 is 5.69 Å². The Kier molecular flexibility index (Phi) is 7.16. The number of pyridine rings is 1. The van der Waals surface area contributed by atoms with Gasteiger partial charge in [0.15, 0.2) is 14.9 Å². The first-order valence-corrected chi connectivity index (χ1v) is 14.2. The predicted molar refractivity (Wildman–Crippen MR) is 148 cm³/mol. The molecular weight excluding hydrogens is 518 g/mol. The highest BCUT2D eigenvalue weighted by molar-refractivity contribution is 7.91. The van der Waals surface area contributed by atoms with Crippen molar-refractivity contribution in [3.8, 4) is 22.3 Å². The van der Waals surface area contributed by atoms with E-state index in [1.807, 2.05) is 18.2 Å². The lowest BCUT2D eigenvalue weighted by molar-refractivity contribution is 0.0952. The Bertz CT molecular complexity index is 1740. The van der Waals surface area contributed by atoms with Gasteiger partial charge in [-0.05, 0) is 48.2 Å². The molecule has 0 atom stereocenters. The molecule has 0 spiro atoms. The van der Waals surface area contributed by atoms with Crippen LogP contribution in [-0.4, -0.2) is 40.7 Å². The molecule has 3 heterocycles. The molecule has 11 heteroatoms. The Morgan fingerprint density at radius 1 is 0.949 bits per heavy atom. The average molecular weight is 546 g/mol. The number of rotatable bonds is 7. The molecule has 3 N–H and O–H groups in total. The van der Waals surface area contributed by atoms with Gasteiger partial charge in [0.25, 0.3) is 11.5 Å². The molecule has 0 unspecified atom stereocenters. The fourth-order valence-corrected chi connectivity index (χ4v) is 6.41. The number of anilines is 1. The van der Waals surface area contributed by atoms with Gasteiger partial charge in [0.1, 0.15) is 5.82 Å². The fraction of sp³-hybridized carbons (Fsp3) is 0.214. The number of nitrogens with zero attached hydrogens (tertiary/aromatic N) is 3. The van der Waals surface area contributed by atoms with Crippen LogP contribution in [0.4, 0.5) is 5.82 Å². The molecule has 2 aromatic heterocycles. The summed E-state index contributed by atoms with van der Waals surface area (Å²) in [5.41, 5.74) is 7.00. The number of aromatic nitrogens is 3. The van der Waals surface area contributed by atoms with Crippen molar-refractivity contribution in [2.24, 2.45) is 0 Å². The van der Waals surface area contributed by atoms with Crippen LogP contribution in [0.2, 0.25) is 0 Å². The molecule has 1 aliphatic rings. The number of nitrogens with one attached hydrogen (secondary N) is 1. The van der Waals surface area contributed by atoms with Crippen molar-refractivity contribution in [2.75, 3.05) is 18.0 Å². The maximum absolute atomic E-state index is 13.5. The summed E-state index contributed by atoms with van der Waals surface area (Å²) < 4.78 is 28.1. The second-order valence-electron chi connectivity index (χ2n) is 9.27. The van der Waals surface area contributed by atoms with E-state index in [1.54, 1.807) is 54.7 Å². The van der Waals surface area contributed by atoms with Crippen LogP contribution >= 0.6 is 0 Å². The van der Waals surface area contributed by atoms with Crippen molar-refractivity contribution in [3.05, 3.63) is 99.3 Å². The van der Waals surface area contributed by atoms with E-state index in [4.69, 9.17) is 5.73 Å². The lowest BCUT2D eigenvalue weighted by Gasteiger charge is -2.23. The number of fused-ring (bicyclic) bond motifs is 1. The highest BCUT2D eigenvalue weighted by Gasteiger charge is 2.32. The highest BCUT2D eigenvalue weighted by atomic mass is 32.2. The fourth-order valence-electron chi connectivity index (χ4n) is 4.69. The van der Waals surface area contributed by atoms with Gasteiger partial charge in [0.2, 0.25) is 0 Å². The van der Waals surface area contributed by atoms with Crippen molar-refractivity contribution in [1.29, 1.82) is 0 Å². The Labute approximate surface area is 224 Å². The molecule has 4 aromatic rings. The zero-order valence-electron chi connectivity index (χ0n) is 21.0. The van der Waals surface area contributed by atoms with Gasteiger partial charge in [-0.2, -0.15) is 0 Å². The van der Waals surface area contributed by atoms with Gasteiger partial charge in [-0.25, -0.2) is 18.2 Å². The van der Waals surface area contributed by atoms with E-state index in [2.05, 4.69) is 10.3 Å². The van der Waals surface area contributed by atoms with Crippen molar-refractivity contribution in [3.63, 3.8) is 0 Å². The minimum absolute atomic E-state index is 0.00956. The van der Waals surface area contributed by atoms with E-state index < -0.39 is 21.1 Å². The number of hydrogen-bond donors (Lipinski definition) is 2. The number of benzene rings is 2. The molecule has 2 aromatic carbocycles. The first-order chi connectivity index (χ1) is 18.8. The largest absolute Gasteiger partial charge is 0.384 e. The Morgan fingerprint density at radius 3 is 2.36 bits per heavy atom. The molecule has 0 saturated heterocycles. The third-order valence-electron chi connectivity index (χ3n) is 6.64. The molecule has 0 fully saturated rings. The van der Waals surface area contributed by atoms with E-state index in [0.29, 0.717) is 29.8 Å². The molecule has 0 saturated carbocycles. The van der Waals surface area contributed by atoms with E-state index in [-0.39, 0.29) is 41.9 Å². The lowest BCUT2D eigenvalue weighted by Crippen LogP contribution is -2.45. The SMILES string of the molecule is Nc1ccc(-c2ccc(C(=O)NCCCn3c(=O)c(-c4ccccc4)c4n(c3=O)CCCS4(=O)=O)cc2)cn1. The van der Waals surface area contributed by atoms with E-state index in [9.17, 15) is 22.8 Å². The predicted octanol–water partition coefficient (Wildman–Crippen LogP) is 2.32. The summed E-state index contributed by atoms with van der Waals surface area (Å²) in [6.07, 6.45) is 2.26. The third-order valence-corrected chi connectivity index (χ3v) is 8.48. The number of hydrogen-bond acceptors (Lipinski definition) is 7. The zero-order valence-corrected chi connectivity index (χ0v) is 21.9. The molecule has 1 aliphatic heterocycles. The van der Waals surface area contributed by atoms with E-state index >= 15 is 0 Å². The minimum Gasteiger partial charge on any atom is -0.384 e. The monoisotopic (exact) mass is 545 g/mol. The van der Waals surface area contributed by atoms with E-state index in [1.165, 1.54) is 4.57 Å². The van der Waals surface area contributed by atoms with Gasteiger partial charge in [-0.15, -0.1) is 0 Å². The molecule has 0 bridgehead atoms. The number of nitrogen functional groups attached to an aromatic ring is 1. The van der Waals surface area contributed by atoms with Crippen LogP contribution in [0, 0.1) is 0 Å². The molecular formula is C28H27N5O5S. The maximum Gasteiger partial charge on any atom is 0.332 e. The summed E-state index contributed by atoms with van der Waals surface area (Å²) in [7, 11) is -3.79. The zero-order chi connectivity index (χ0) is 27.6. The Morgan fingerprint density at radius 2 is 1.67 bits per heavy atom. The minimum atomic E-state index is -3.79. The van der Waals surface area contributed by atoms with Crippen LogP contribution < -0.4 is 22.3 Å². The topological polar surface area (TPSA) is 146 Å². The average Bonchev–Trinajstić information content (AvgIpc) is 2.94. The first kappa shape index (κ1) is 26.1. The summed E-state index contributed by atoms with van der Waals surface area (Å²) >= 11 is 0. The molecule has 39 heavy (non-hydrogen) atoms. The lowest BCUT2D eigenvalue weighted by atomic mass is 10.1. The van der Waals surface area contributed by atoms with Crippen molar-refractivity contribution >= 4 is 21.6 Å². The molecule has 5 rings (SSSR count). The highest BCUT2D eigenvalue weighted by Crippen LogP contribution is 2.27. The van der Waals surface area contributed by atoms with Crippen molar-refractivity contribution in [1.82, 2.24) is 19.4 Å². The van der Waals surface area contributed by atoms with Gasteiger partial charge in [0.05, 0.1) is 11.3 Å². The van der Waals surface area contributed by atoms with Crippen LogP contribution in [0.25, 0.3) is 22.3 Å². The quantitative estimate of drug-likeness (QED) is 0.268. The summed E-state index contributed by atoms with van der Waals surface area (Å²) in [5.74, 6) is 0.0264. The smallest absolute Gasteiger partial charge is 0.332 e. The first-order valence-electron chi connectivity index (χ1n) is 12.5. The molecule has 200 valence electrons. The van der Waals surface area contributed by atoms with Crippen LogP contribution in [0.15, 0.2) is 87.5 Å².